The molecule has 1 aromatic heterocycles. The Morgan fingerprint density at radius 1 is 1.03 bits per heavy atom. The quantitative estimate of drug-likeness (QED) is 0.178. The van der Waals surface area contributed by atoms with Gasteiger partial charge >= 0.3 is 0 Å². The van der Waals surface area contributed by atoms with Crippen molar-refractivity contribution in [3.63, 3.8) is 0 Å². The zero-order valence-electron chi connectivity index (χ0n) is 20.0. The van der Waals surface area contributed by atoms with E-state index in [0.29, 0.717) is 34.4 Å². The molecule has 8 nitrogen and oxygen atoms in total. The van der Waals surface area contributed by atoms with Crippen LogP contribution in [0.4, 0.5) is 0 Å². The van der Waals surface area contributed by atoms with E-state index in [2.05, 4.69) is 15.1 Å². The molecule has 0 saturated heterocycles. The lowest BCUT2D eigenvalue weighted by Gasteiger charge is -2.11. The van der Waals surface area contributed by atoms with E-state index in [0.717, 1.165) is 21.8 Å². The summed E-state index contributed by atoms with van der Waals surface area (Å²) in [5.74, 6) is 1.46. The third-order valence-electron chi connectivity index (χ3n) is 5.37. The molecule has 0 aliphatic rings. The van der Waals surface area contributed by atoms with Gasteiger partial charge in [0.25, 0.3) is 5.91 Å². The molecule has 0 bridgehead atoms. The van der Waals surface area contributed by atoms with Gasteiger partial charge in [-0.3, -0.25) is 4.79 Å². The number of aromatic nitrogens is 2. The Morgan fingerprint density at radius 3 is 2.47 bits per heavy atom. The SMILES string of the molecule is COc1cc(OC)c(OC)cc1/C=N\NC(=O)CSc1nc2ccccc2n1Cc1ccccc1Cl. The van der Waals surface area contributed by atoms with Gasteiger partial charge in [0, 0.05) is 16.7 Å². The predicted octanol–water partition coefficient (Wildman–Crippen LogP) is 5.01. The van der Waals surface area contributed by atoms with Gasteiger partial charge < -0.3 is 18.8 Å². The lowest BCUT2D eigenvalue weighted by atomic mass is 10.2. The summed E-state index contributed by atoms with van der Waals surface area (Å²) in [4.78, 5) is 17.3. The normalized spacial score (nSPS) is 11.1. The molecule has 186 valence electrons. The number of hydrazone groups is 1. The third-order valence-corrected chi connectivity index (χ3v) is 6.71. The fraction of sp³-hybridized carbons (Fsp3) is 0.192. The van der Waals surface area contributed by atoms with Crippen LogP contribution in [-0.4, -0.2) is 48.8 Å². The monoisotopic (exact) mass is 524 g/mol. The number of nitrogens with zero attached hydrogens (tertiary/aromatic N) is 3. The first-order chi connectivity index (χ1) is 17.5. The van der Waals surface area contributed by atoms with E-state index in [1.807, 2.05) is 48.5 Å². The van der Waals surface area contributed by atoms with Gasteiger partial charge in [0.2, 0.25) is 0 Å². The number of benzene rings is 3. The van der Waals surface area contributed by atoms with Crippen molar-refractivity contribution >= 4 is 46.5 Å². The van der Waals surface area contributed by atoms with E-state index in [1.165, 1.54) is 18.0 Å². The zero-order chi connectivity index (χ0) is 25.5. The van der Waals surface area contributed by atoms with E-state index in [-0.39, 0.29) is 11.7 Å². The summed E-state index contributed by atoms with van der Waals surface area (Å²) >= 11 is 7.73. The summed E-state index contributed by atoms with van der Waals surface area (Å²) in [6.07, 6.45) is 1.50. The Labute approximate surface area is 218 Å². The standard InChI is InChI=1S/C26H25ClN4O4S/c1-33-22-13-24(35-3)23(34-2)12-18(22)14-28-30-25(32)16-36-26-29-20-10-6-7-11-21(20)31(26)15-17-8-4-5-9-19(17)27/h4-14H,15-16H2,1-3H3,(H,30,32)/b28-14-. The Kier molecular flexibility index (Phi) is 8.35. The lowest BCUT2D eigenvalue weighted by molar-refractivity contribution is -0.118. The van der Waals surface area contributed by atoms with Crippen LogP contribution in [0.25, 0.3) is 11.0 Å². The highest BCUT2D eigenvalue weighted by molar-refractivity contribution is 7.99. The molecular weight excluding hydrogens is 500 g/mol. The summed E-state index contributed by atoms with van der Waals surface area (Å²) in [6, 6.07) is 19.0. The number of hydrogen-bond donors (Lipinski definition) is 1. The minimum atomic E-state index is -0.271. The highest BCUT2D eigenvalue weighted by atomic mass is 35.5. The average molecular weight is 525 g/mol. The second kappa shape index (κ2) is 11.8. The Hall–Kier alpha value is -3.69. The van der Waals surface area contributed by atoms with Gasteiger partial charge in [0.1, 0.15) is 5.75 Å². The number of hydrogen-bond acceptors (Lipinski definition) is 7. The van der Waals surface area contributed by atoms with Crippen molar-refractivity contribution in [2.45, 2.75) is 11.7 Å². The van der Waals surface area contributed by atoms with Crippen molar-refractivity contribution in [3.05, 3.63) is 76.8 Å². The van der Waals surface area contributed by atoms with E-state index in [9.17, 15) is 4.79 Å². The van der Waals surface area contributed by atoms with Gasteiger partial charge in [-0.15, -0.1) is 0 Å². The van der Waals surface area contributed by atoms with Gasteiger partial charge in [-0.2, -0.15) is 5.10 Å². The second-order valence-electron chi connectivity index (χ2n) is 7.59. The van der Waals surface area contributed by atoms with Crippen LogP contribution in [0.2, 0.25) is 5.02 Å². The summed E-state index contributed by atoms with van der Waals surface area (Å²) in [5, 5.41) is 5.48. The first-order valence-corrected chi connectivity index (χ1v) is 12.3. The van der Waals surface area contributed by atoms with Crippen molar-refractivity contribution in [2.24, 2.45) is 5.10 Å². The molecule has 0 saturated carbocycles. The molecule has 0 aliphatic carbocycles. The average Bonchev–Trinajstić information content (AvgIpc) is 3.25. The summed E-state index contributed by atoms with van der Waals surface area (Å²) in [7, 11) is 4.64. The molecule has 1 N–H and O–H groups in total. The number of imidazole rings is 1. The van der Waals surface area contributed by atoms with Crippen LogP contribution in [0.15, 0.2) is 70.9 Å². The molecule has 10 heteroatoms. The number of halogens is 1. The van der Waals surface area contributed by atoms with Crippen molar-refractivity contribution in [1.82, 2.24) is 15.0 Å². The number of nitrogens with one attached hydrogen (secondary N) is 1. The number of amides is 1. The minimum absolute atomic E-state index is 0.131. The number of para-hydroxylation sites is 2. The van der Waals surface area contributed by atoms with E-state index < -0.39 is 0 Å². The summed E-state index contributed by atoms with van der Waals surface area (Å²) in [5.41, 5.74) is 5.98. The van der Waals surface area contributed by atoms with Crippen LogP contribution < -0.4 is 19.6 Å². The molecule has 0 atom stereocenters. The Morgan fingerprint density at radius 2 is 1.72 bits per heavy atom. The van der Waals surface area contributed by atoms with Crippen LogP contribution >= 0.6 is 23.4 Å². The molecule has 0 radical (unpaired) electrons. The predicted molar refractivity (Wildman–Crippen MR) is 143 cm³/mol. The van der Waals surface area contributed by atoms with E-state index in [4.69, 9.17) is 30.8 Å². The van der Waals surface area contributed by atoms with E-state index >= 15 is 0 Å². The molecular formula is C26H25ClN4O4S. The molecule has 0 fully saturated rings. The molecule has 36 heavy (non-hydrogen) atoms. The first-order valence-electron chi connectivity index (χ1n) is 11.0. The summed E-state index contributed by atoms with van der Waals surface area (Å²) in [6.45, 7) is 0.543. The Balaban J connectivity index is 1.46. The number of fused-ring (bicyclic) bond motifs is 1. The number of thioether (sulfide) groups is 1. The molecule has 1 amide bonds. The minimum Gasteiger partial charge on any atom is -0.496 e. The van der Waals surface area contributed by atoms with E-state index in [1.54, 1.807) is 33.5 Å². The number of rotatable bonds is 10. The van der Waals surface area contributed by atoms with Crippen molar-refractivity contribution < 1.29 is 19.0 Å². The molecule has 4 rings (SSSR count). The highest BCUT2D eigenvalue weighted by Crippen LogP contribution is 2.33. The van der Waals surface area contributed by atoms with Crippen LogP contribution in [0.5, 0.6) is 17.2 Å². The van der Waals surface area contributed by atoms with Crippen LogP contribution in [0.1, 0.15) is 11.1 Å². The molecule has 0 unspecified atom stereocenters. The largest absolute Gasteiger partial charge is 0.496 e. The second-order valence-corrected chi connectivity index (χ2v) is 8.94. The highest BCUT2D eigenvalue weighted by Gasteiger charge is 2.15. The van der Waals surface area contributed by atoms with Crippen LogP contribution in [0, 0.1) is 0 Å². The number of carbonyl (C=O) groups is 1. The topological polar surface area (TPSA) is 87.0 Å². The fourth-order valence-electron chi connectivity index (χ4n) is 3.60. The number of carbonyl (C=O) groups excluding carboxylic acids is 1. The summed E-state index contributed by atoms with van der Waals surface area (Å²) < 4.78 is 18.1. The maximum Gasteiger partial charge on any atom is 0.250 e. The molecule has 1 heterocycles. The maximum atomic E-state index is 12.5. The van der Waals surface area contributed by atoms with Gasteiger partial charge in [0.15, 0.2) is 16.7 Å². The van der Waals surface area contributed by atoms with Crippen molar-refractivity contribution in [3.8, 4) is 17.2 Å². The third kappa shape index (κ3) is 5.75. The van der Waals surface area contributed by atoms with Gasteiger partial charge in [-0.1, -0.05) is 53.7 Å². The zero-order valence-corrected chi connectivity index (χ0v) is 21.6. The molecule has 0 aliphatic heterocycles. The van der Waals surface area contributed by atoms with Gasteiger partial charge in [-0.25, -0.2) is 10.4 Å². The van der Waals surface area contributed by atoms with Gasteiger partial charge in [0.05, 0.1) is 50.9 Å². The first kappa shape index (κ1) is 25.4. The Bertz CT molecular complexity index is 1410. The van der Waals surface area contributed by atoms with Gasteiger partial charge in [-0.05, 0) is 29.8 Å². The van der Waals surface area contributed by atoms with Crippen molar-refractivity contribution in [2.75, 3.05) is 27.1 Å². The lowest BCUT2D eigenvalue weighted by Crippen LogP contribution is -2.20. The van der Waals surface area contributed by atoms with Crippen LogP contribution in [0.3, 0.4) is 0 Å². The number of methoxy groups -OCH3 is 3. The fourth-order valence-corrected chi connectivity index (χ4v) is 4.61. The van der Waals surface area contributed by atoms with Crippen LogP contribution in [-0.2, 0) is 11.3 Å². The number of ether oxygens (including phenoxy) is 3. The maximum absolute atomic E-state index is 12.5. The molecule has 3 aromatic carbocycles. The molecule has 4 aromatic rings. The molecule has 0 spiro atoms. The smallest absolute Gasteiger partial charge is 0.250 e. The van der Waals surface area contributed by atoms with Crippen molar-refractivity contribution in [1.29, 1.82) is 0 Å².